The van der Waals surface area contributed by atoms with Crippen LogP contribution in [0, 0.1) is 0 Å². The quantitative estimate of drug-likeness (QED) is 0.175. The number of fused-ring (bicyclic) bond motifs is 5. The highest BCUT2D eigenvalue weighted by atomic mass is 32.2. The number of amides is 2. The summed E-state index contributed by atoms with van der Waals surface area (Å²) in [6.07, 6.45) is 10.7. The lowest BCUT2D eigenvalue weighted by Crippen LogP contribution is -2.48. The highest BCUT2D eigenvalue weighted by Crippen LogP contribution is 2.48. The van der Waals surface area contributed by atoms with Crippen LogP contribution in [0.25, 0.3) is 39.6 Å². The summed E-state index contributed by atoms with van der Waals surface area (Å²) in [5.74, 6) is 0.707. The standard InChI is InChI=1S/C43H48N6O6S/c1-26(2)56(52,53)46-42(50)30-14-16-35-37(21-30)48-25-32(19-31-20-33(54-5)15-17-34(31)41(48)39(35)29-11-7-6-8-12-29)40-36(22-45-49(40)38-13-9-10-18-44-38)43(51)47-23-27(3)55-28(4)24-47/h9-10,13-22,26-29H,6-8,11-12,23-25H2,1-5H3,(H,46,50)/t27-,28+. The van der Waals surface area contributed by atoms with Crippen LogP contribution in [0.3, 0.4) is 0 Å². The van der Waals surface area contributed by atoms with Crippen molar-refractivity contribution in [1.82, 2.24) is 29.0 Å². The molecule has 2 aromatic carbocycles. The van der Waals surface area contributed by atoms with Crippen molar-refractivity contribution >= 4 is 44.4 Å². The molecular formula is C43H48N6O6S. The van der Waals surface area contributed by atoms with E-state index in [1.54, 1.807) is 36.3 Å². The number of pyridine rings is 1. The number of carbonyl (C=O) groups excluding carboxylic acids is 2. The van der Waals surface area contributed by atoms with Gasteiger partial charge in [0.1, 0.15) is 5.75 Å². The Balaban J connectivity index is 1.38. The van der Waals surface area contributed by atoms with Crippen LogP contribution in [0.4, 0.5) is 0 Å². The zero-order valence-corrected chi connectivity index (χ0v) is 33.3. The molecule has 1 saturated carbocycles. The van der Waals surface area contributed by atoms with Gasteiger partial charge in [-0.1, -0.05) is 31.4 Å². The Kier molecular flexibility index (Phi) is 10.1. The molecule has 292 valence electrons. The van der Waals surface area contributed by atoms with Crippen LogP contribution >= 0.6 is 0 Å². The lowest BCUT2D eigenvalue weighted by Gasteiger charge is -2.35. The van der Waals surface area contributed by atoms with Crippen LogP contribution < -0.4 is 9.46 Å². The van der Waals surface area contributed by atoms with E-state index in [1.165, 1.54) is 25.8 Å². The Morgan fingerprint density at radius 2 is 1.73 bits per heavy atom. The second kappa shape index (κ2) is 15.0. The number of benzene rings is 2. The average molecular weight is 777 g/mol. The first-order valence-electron chi connectivity index (χ1n) is 19.5. The van der Waals surface area contributed by atoms with Gasteiger partial charge < -0.3 is 18.9 Å². The molecule has 8 rings (SSSR count). The monoisotopic (exact) mass is 776 g/mol. The summed E-state index contributed by atoms with van der Waals surface area (Å²) in [5, 5.41) is 5.05. The molecule has 1 N–H and O–H groups in total. The van der Waals surface area contributed by atoms with E-state index in [4.69, 9.17) is 14.6 Å². The van der Waals surface area contributed by atoms with Gasteiger partial charge in [0, 0.05) is 41.3 Å². The number of nitrogens with zero attached hydrogens (tertiary/aromatic N) is 5. The van der Waals surface area contributed by atoms with Gasteiger partial charge in [0.15, 0.2) is 5.82 Å². The average Bonchev–Trinajstić information content (AvgIpc) is 3.72. The van der Waals surface area contributed by atoms with Crippen molar-refractivity contribution in [3.8, 4) is 22.8 Å². The molecule has 1 saturated heterocycles. The van der Waals surface area contributed by atoms with Crippen molar-refractivity contribution in [2.24, 2.45) is 0 Å². The molecule has 2 aliphatic heterocycles. The normalized spacial score (nSPS) is 19.0. The van der Waals surface area contributed by atoms with E-state index in [9.17, 15) is 18.0 Å². The summed E-state index contributed by atoms with van der Waals surface area (Å²) in [6, 6.07) is 17.2. The molecule has 5 aromatic rings. The number of ether oxygens (including phenoxy) is 2. The van der Waals surface area contributed by atoms with E-state index in [1.807, 2.05) is 55.1 Å². The fraction of sp³-hybridized carbons (Fsp3) is 0.395. The minimum absolute atomic E-state index is 0.123. The van der Waals surface area contributed by atoms with Crippen LogP contribution in [-0.4, -0.2) is 82.1 Å². The molecule has 1 aliphatic carbocycles. The Morgan fingerprint density at radius 3 is 2.43 bits per heavy atom. The van der Waals surface area contributed by atoms with Gasteiger partial charge in [-0.3, -0.25) is 9.59 Å². The Hall–Kier alpha value is -5.27. The van der Waals surface area contributed by atoms with Crippen LogP contribution in [0.5, 0.6) is 5.75 Å². The summed E-state index contributed by atoms with van der Waals surface area (Å²) in [4.78, 5) is 34.7. The van der Waals surface area contributed by atoms with Crippen LogP contribution in [0.15, 0.2) is 67.0 Å². The number of aromatic nitrogens is 4. The number of hydrogen-bond acceptors (Lipinski definition) is 8. The summed E-state index contributed by atoms with van der Waals surface area (Å²) in [5.41, 5.74) is 7.08. The van der Waals surface area contributed by atoms with Gasteiger partial charge in [-0.05, 0) is 112 Å². The van der Waals surface area contributed by atoms with E-state index in [0.717, 1.165) is 59.0 Å². The number of methoxy groups -OCH3 is 1. The Morgan fingerprint density at radius 1 is 0.964 bits per heavy atom. The van der Waals surface area contributed by atoms with Gasteiger partial charge in [0.05, 0.1) is 54.3 Å². The lowest BCUT2D eigenvalue weighted by molar-refractivity contribution is -0.0586. The summed E-state index contributed by atoms with van der Waals surface area (Å²) in [7, 11) is -2.22. The van der Waals surface area contributed by atoms with E-state index < -0.39 is 21.2 Å². The molecule has 2 amide bonds. The Labute approximate surface area is 327 Å². The highest BCUT2D eigenvalue weighted by molar-refractivity contribution is 7.90. The first-order valence-corrected chi connectivity index (χ1v) is 21.0. The lowest BCUT2D eigenvalue weighted by atomic mass is 9.81. The molecule has 13 heteroatoms. The van der Waals surface area contributed by atoms with E-state index in [2.05, 4.69) is 26.4 Å². The van der Waals surface area contributed by atoms with Gasteiger partial charge in [0.2, 0.25) is 10.0 Å². The first-order chi connectivity index (χ1) is 26.9. The zero-order chi connectivity index (χ0) is 39.3. The molecule has 0 unspecified atom stereocenters. The molecule has 3 aromatic heterocycles. The minimum Gasteiger partial charge on any atom is -0.497 e. The van der Waals surface area contributed by atoms with Crippen molar-refractivity contribution in [1.29, 1.82) is 0 Å². The maximum absolute atomic E-state index is 14.6. The second-order valence-electron chi connectivity index (χ2n) is 15.5. The third-order valence-electron chi connectivity index (χ3n) is 11.3. The number of carbonyl (C=O) groups is 2. The molecule has 12 nitrogen and oxygen atoms in total. The largest absolute Gasteiger partial charge is 0.497 e. The third-order valence-corrected chi connectivity index (χ3v) is 13.0. The van der Waals surface area contributed by atoms with E-state index in [-0.39, 0.29) is 29.6 Å². The minimum atomic E-state index is -3.87. The van der Waals surface area contributed by atoms with Gasteiger partial charge in [0.25, 0.3) is 11.8 Å². The smallest absolute Gasteiger partial charge is 0.264 e. The molecule has 2 atom stereocenters. The maximum Gasteiger partial charge on any atom is 0.264 e. The van der Waals surface area contributed by atoms with Crippen LogP contribution in [-0.2, 0) is 21.3 Å². The summed E-state index contributed by atoms with van der Waals surface area (Å²) in [6.45, 7) is 8.24. The number of allylic oxidation sites excluding steroid dienone is 1. The van der Waals surface area contributed by atoms with Gasteiger partial charge >= 0.3 is 0 Å². The Bertz CT molecular complexity index is 2450. The first kappa shape index (κ1) is 37.6. The zero-order valence-electron chi connectivity index (χ0n) is 32.5. The van der Waals surface area contributed by atoms with Crippen LogP contribution in [0.1, 0.15) is 103 Å². The van der Waals surface area contributed by atoms with Crippen molar-refractivity contribution in [3.63, 3.8) is 0 Å². The fourth-order valence-corrected chi connectivity index (χ4v) is 9.23. The molecule has 5 heterocycles. The number of hydrogen-bond donors (Lipinski definition) is 1. The number of morpholine rings is 1. The van der Waals surface area contributed by atoms with Crippen molar-refractivity contribution < 1.29 is 27.5 Å². The molecule has 0 radical (unpaired) electrons. The fourth-order valence-electron chi connectivity index (χ4n) is 8.61. The molecule has 2 fully saturated rings. The maximum atomic E-state index is 14.6. The van der Waals surface area contributed by atoms with E-state index >= 15 is 0 Å². The molecular weight excluding hydrogens is 729 g/mol. The molecule has 56 heavy (non-hydrogen) atoms. The predicted molar refractivity (Wildman–Crippen MR) is 216 cm³/mol. The number of nitrogens with one attached hydrogen (secondary N) is 1. The molecule has 0 bridgehead atoms. The topological polar surface area (TPSA) is 138 Å². The third kappa shape index (κ3) is 6.91. The highest BCUT2D eigenvalue weighted by Gasteiger charge is 2.34. The summed E-state index contributed by atoms with van der Waals surface area (Å²) < 4.78 is 43.6. The van der Waals surface area contributed by atoms with Crippen molar-refractivity contribution in [2.45, 2.75) is 89.7 Å². The number of rotatable bonds is 8. The van der Waals surface area contributed by atoms with Crippen molar-refractivity contribution in [3.05, 3.63) is 94.9 Å². The molecule has 0 spiro atoms. The van der Waals surface area contributed by atoms with Gasteiger partial charge in [-0.2, -0.15) is 5.10 Å². The summed E-state index contributed by atoms with van der Waals surface area (Å²) >= 11 is 0. The van der Waals surface area contributed by atoms with E-state index in [0.29, 0.717) is 42.5 Å². The van der Waals surface area contributed by atoms with Gasteiger partial charge in [-0.15, -0.1) is 0 Å². The SMILES string of the molecule is COc1ccc2c(c1)C=C(c1c(C(=O)N3C[C@@H](C)O[C@@H](C)C3)cnn1-c1ccccn1)Cn1c-2c(C2CCCCC2)c2ccc(C(=O)NS(=O)(=O)C(C)C)cc21. The second-order valence-corrected chi connectivity index (χ2v) is 17.8. The molecule has 3 aliphatic rings. The van der Waals surface area contributed by atoms with Crippen molar-refractivity contribution in [2.75, 3.05) is 20.2 Å². The predicted octanol–water partition coefficient (Wildman–Crippen LogP) is 7.22. The number of sulfonamides is 1. The van der Waals surface area contributed by atoms with Crippen LogP contribution in [0.2, 0.25) is 0 Å². The van der Waals surface area contributed by atoms with Gasteiger partial charge in [-0.25, -0.2) is 22.8 Å².